The molecule has 3 rings (SSSR count). The summed E-state index contributed by atoms with van der Waals surface area (Å²) in [5.74, 6) is 0.657. The normalized spacial score (nSPS) is 10.8. The van der Waals surface area contributed by atoms with Crippen LogP contribution >= 0.6 is 0 Å². The second-order valence-electron chi connectivity index (χ2n) is 4.30. The lowest BCUT2D eigenvalue weighted by Gasteiger charge is -2.07. The first-order valence-electron chi connectivity index (χ1n) is 6.18. The van der Waals surface area contributed by atoms with Crippen LogP contribution in [0.1, 0.15) is 0 Å². The number of rotatable bonds is 4. The molecule has 20 heavy (non-hydrogen) atoms. The molecule has 0 bridgehead atoms. The summed E-state index contributed by atoms with van der Waals surface area (Å²) in [6, 6.07) is 7.42. The minimum absolute atomic E-state index is 0.0127. The maximum atomic E-state index is 9.00. The third-order valence-electron chi connectivity index (χ3n) is 2.89. The molecule has 7 heteroatoms. The van der Waals surface area contributed by atoms with Gasteiger partial charge in [0, 0.05) is 11.4 Å². The number of hydrogen-bond acceptors (Lipinski definition) is 6. The largest absolute Gasteiger partial charge is 0.399 e. The van der Waals surface area contributed by atoms with Gasteiger partial charge in [0.1, 0.15) is 12.1 Å². The molecular weight excluding hydrogens is 256 g/mol. The van der Waals surface area contributed by atoms with Gasteiger partial charge in [-0.1, -0.05) is 6.07 Å². The quantitative estimate of drug-likeness (QED) is 0.614. The third-order valence-corrected chi connectivity index (χ3v) is 2.89. The highest BCUT2D eigenvalue weighted by Crippen LogP contribution is 2.23. The molecule has 2 aromatic heterocycles. The van der Waals surface area contributed by atoms with Gasteiger partial charge < -0.3 is 16.2 Å². The second kappa shape index (κ2) is 5.14. The molecule has 7 nitrogen and oxygen atoms in total. The summed E-state index contributed by atoms with van der Waals surface area (Å²) in [7, 11) is 0. The van der Waals surface area contributed by atoms with Gasteiger partial charge in [0.25, 0.3) is 0 Å². The van der Waals surface area contributed by atoms with E-state index in [0.29, 0.717) is 23.7 Å². The molecule has 0 aliphatic rings. The molecule has 102 valence electrons. The van der Waals surface area contributed by atoms with Crippen molar-refractivity contribution in [3.05, 3.63) is 36.8 Å². The average molecular weight is 270 g/mol. The maximum absolute atomic E-state index is 9.00. The Hall–Kier alpha value is -2.67. The molecular formula is C13H14N6O. The van der Waals surface area contributed by atoms with Crippen molar-refractivity contribution in [3.8, 4) is 0 Å². The van der Waals surface area contributed by atoms with Crippen LogP contribution in [0.3, 0.4) is 0 Å². The van der Waals surface area contributed by atoms with E-state index in [2.05, 4.69) is 20.4 Å². The van der Waals surface area contributed by atoms with Crippen LogP contribution < -0.4 is 11.1 Å². The topological polar surface area (TPSA) is 102 Å². The molecule has 0 spiro atoms. The van der Waals surface area contributed by atoms with E-state index >= 15 is 0 Å². The molecule has 0 aliphatic heterocycles. The molecule has 0 saturated heterocycles. The average Bonchev–Trinajstić information content (AvgIpc) is 2.84. The van der Waals surface area contributed by atoms with Crippen molar-refractivity contribution >= 4 is 28.2 Å². The molecule has 0 unspecified atom stereocenters. The number of anilines is 3. The van der Waals surface area contributed by atoms with Crippen LogP contribution in [0.2, 0.25) is 0 Å². The van der Waals surface area contributed by atoms with Crippen molar-refractivity contribution in [2.75, 3.05) is 17.7 Å². The zero-order valence-corrected chi connectivity index (χ0v) is 10.7. The van der Waals surface area contributed by atoms with Crippen LogP contribution in [-0.4, -0.2) is 31.5 Å². The number of aliphatic hydroxyl groups is 1. The Bertz CT molecular complexity index is 739. The van der Waals surface area contributed by atoms with Gasteiger partial charge in [-0.25, -0.2) is 14.6 Å². The fraction of sp³-hybridized carbons (Fsp3) is 0.154. The molecule has 0 aliphatic carbocycles. The molecule has 0 radical (unpaired) electrons. The summed E-state index contributed by atoms with van der Waals surface area (Å²) in [5, 5.41) is 17.2. The van der Waals surface area contributed by atoms with E-state index in [0.717, 1.165) is 11.1 Å². The predicted octanol–water partition coefficient (Wildman–Crippen LogP) is 1.14. The lowest BCUT2D eigenvalue weighted by Crippen LogP contribution is -2.05. The monoisotopic (exact) mass is 270 g/mol. The minimum atomic E-state index is 0.0127. The van der Waals surface area contributed by atoms with Crippen LogP contribution in [0.15, 0.2) is 36.8 Å². The molecule has 3 aromatic rings. The molecule has 2 heterocycles. The van der Waals surface area contributed by atoms with Crippen LogP contribution in [0.25, 0.3) is 11.0 Å². The number of fused-ring (bicyclic) bond motifs is 1. The third kappa shape index (κ3) is 2.26. The van der Waals surface area contributed by atoms with Gasteiger partial charge in [-0.05, 0) is 18.2 Å². The summed E-state index contributed by atoms with van der Waals surface area (Å²) >= 11 is 0. The summed E-state index contributed by atoms with van der Waals surface area (Å²) in [6.45, 7) is 0.414. The summed E-state index contributed by atoms with van der Waals surface area (Å²) < 4.78 is 1.64. The first-order valence-corrected chi connectivity index (χ1v) is 6.18. The highest BCUT2D eigenvalue weighted by molar-refractivity contribution is 5.88. The Morgan fingerprint density at radius 1 is 1.30 bits per heavy atom. The number of aromatic nitrogens is 4. The van der Waals surface area contributed by atoms with Crippen molar-refractivity contribution in [2.24, 2.45) is 0 Å². The van der Waals surface area contributed by atoms with Crippen molar-refractivity contribution in [1.29, 1.82) is 0 Å². The smallest absolute Gasteiger partial charge is 0.163 e. The van der Waals surface area contributed by atoms with Gasteiger partial charge in [0.2, 0.25) is 0 Å². The summed E-state index contributed by atoms with van der Waals surface area (Å²) in [6.07, 6.45) is 3.14. The fourth-order valence-corrected chi connectivity index (χ4v) is 2.00. The highest BCUT2D eigenvalue weighted by Gasteiger charge is 2.09. The van der Waals surface area contributed by atoms with E-state index in [1.807, 2.05) is 24.3 Å². The Labute approximate surface area is 115 Å². The van der Waals surface area contributed by atoms with Crippen LogP contribution in [-0.2, 0) is 6.54 Å². The molecule has 0 saturated carbocycles. The summed E-state index contributed by atoms with van der Waals surface area (Å²) in [5.41, 5.74) is 7.96. The molecule has 1 aromatic carbocycles. The van der Waals surface area contributed by atoms with Crippen molar-refractivity contribution in [2.45, 2.75) is 6.54 Å². The van der Waals surface area contributed by atoms with Crippen molar-refractivity contribution in [3.63, 3.8) is 0 Å². The molecule has 0 fully saturated rings. The lowest BCUT2D eigenvalue weighted by molar-refractivity contribution is 0.271. The van der Waals surface area contributed by atoms with Gasteiger partial charge >= 0.3 is 0 Å². The Kier molecular flexibility index (Phi) is 3.18. The number of nitrogens with two attached hydrogens (primary N) is 1. The van der Waals surface area contributed by atoms with Crippen LogP contribution in [0, 0.1) is 0 Å². The van der Waals surface area contributed by atoms with Crippen molar-refractivity contribution < 1.29 is 5.11 Å². The van der Waals surface area contributed by atoms with E-state index in [4.69, 9.17) is 10.8 Å². The van der Waals surface area contributed by atoms with Gasteiger partial charge in [0.15, 0.2) is 5.65 Å². The minimum Gasteiger partial charge on any atom is -0.399 e. The molecule has 0 atom stereocenters. The van der Waals surface area contributed by atoms with E-state index in [1.54, 1.807) is 10.9 Å². The second-order valence-corrected chi connectivity index (χ2v) is 4.30. The van der Waals surface area contributed by atoms with E-state index in [1.165, 1.54) is 6.33 Å². The van der Waals surface area contributed by atoms with Gasteiger partial charge in [-0.2, -0.15) is 5.10 Å². The highest BCUT2D eigenvalue weighted by atomic mass is 16.3. The van der Waals surface area contributed by atoms with Crippen LogP contribution in [0.4, 0.5) is 17.2 Å². The first kappa shape index (κ1) is 12.4. The zero-order valence-electron chi connectivity index (χ0n) is 10.7. The zero-order chi connectivity index (χ0) is 13.9. The number of benzene rings is 1. The Balaban J connectivity index is 1.99. The Morgan fingerprint density at radius 3 is 3.00 bits per heavy atom. The van der Waals surface area contributed by atoms with E-state index < -0.39 is 0 Å². The first-order chi connectivity index (χ1) is 9.78. The number of nitrogens with zero attached hydrogens (tertiary/aromatic N) is 4. The van der Waals surface area contributed by atoms with E-state index in [9.17, 15) is 0 Å². The van der Waals surface area contributed by atoms with Gasteiger partial charge in [0.05, 0.1) is 24.7 Å². The molecule has 4 N–H and O–H groups in total. The number of nitrogens with one attached hydrogen (secondary N) is 1. The van der Waals surface area contributed by atoms with Crippen LogP contribution in [0.5, 0.6) is 0 Å². The molecule has 0 amide bonds. The number of aliphatic hydroxyl groups excluding tert-OH is 1. The predicted molar refractivity (Wildman–Crippen MR) is 76.5 cm³/mol. The standard InChI is InChI=1S/C13H14N6O/c14-9-2-1-3-10(6-9)18-12-11-7-17-19(4-5-20)13(11)16-8-15-12/h1-3,6-8,20H,4-5,14H2,(H,15,16,18). The fourth-order valence-electron chi connectivity index (χ4n) is 2.00. The lowest BCUT2D eigenvalue weighted by atomic mass is 10.3. The Morgan fingerprint density at radius 2 is 2.20 bits per heavy atom. The summed E-state index contributed by atoms with van der Waals surface area (Å²) in [4.78, 5) is 8.42. The van der Waals surface area contributed by atoms with Gasteiger partial charge in [-0.3, -0.25) is 0 Å². The van der Waals surface area contributed by atoms with Crippen molar-refractivity contribution in [1.82, 2.24) is 19.7 Å². The SMILES string of the molecule is Nc1cccc(Nc2ncnc3c2cnn3CCO)c1. The maximum Gasteiger partial charge on any atom is 0.163 e. The number of hydrogen-bond donors (Lipinski definition) is 3. The van der Waals surface area contributed by atoms with Gasteiger partial charge in [-0.15, -0.1) is 0 Å². The number of nitrogen functional groups attached to an aromatic ring is 1. The van der Waals surface area contributed by atoms with E-state index in [-0.39, 0.29) is 6.61 Å².